The van der Waals surface area contributed by atoms with Crippen molar-refractivity contribution in [3.05, 3.63) is 169 Å². The third-order valence-corrected chi connectivity index (χ3v) is 10.4. The highest BCUT2D eigenvalue weighted by molar-refractivity contribution is 6.23. The molecule has 0 N–H and O–H groups in total. The van der Waals surface area contributed by atoms with Crippen LogP contribution in [0.1, 0.15) is 52.7 Å². The monoisotopic (exact) mass is 644 g/mol. The highest BCUT2D eigenvalue weighted by atomic mass is 14.2. The van der Waals surface area contributed by atoms with Gasteiger partial charge in [-0.3, -0.25) is 0 Å². The second-order valence-electron chi connectivity index (χ2n) is 15.8. The SMILES string of the molecule is CC(C)(C)c1ccc(-c2cc3cc4c(-c5ccccc5)c5ccccc5cc4c(-c4ccccc4)c3cc2-c2ccc(C(C)(C)C)cc2)cc1. The minimum Gasteiger partial charge on any atom is -0.0622 e. The van der Waals surface area contributed by atoms with E-state index < -0.39 is 0 Å². The largest absolute Gasteiger partial charge is 0.0622 e. The lowest BCUT2D eigenvalue weighted by Gasteiger charge is -2.22. The molecule has 0 fully saturated rings. The highest BCUT2D eigenvalue weighted by Crippen LogP contribution is 2.46. The van der Waals surface area contributed by atoms with Crippen molar-refractivity contribution >= 4 is 32.3 Å². The van der Waals surface area contributed by atoms with Gasteiger partial charge < -0.3 is 0 Å². The van der Waals surface area contributed by atoms with Crippen LogP contribution in [0.3, 0.4) is 0 Å². The van der Waals surface area contributed by atoms with Gasteiger partial charge in [0.1, 0.15) is 0 Å². The van der Waals surface area contributed by atoms with Crippen LogP contribution in [0.5, 0.6) is 0 Å². The number of hydrogen-bond donors (Lipinski definition) is 0. The molecule has 8 aromatic rings. The zero-order valence-electron chi connectivity index (χ0n) is 30.0. The molecule has 0 aliphatic rings. The van der Waals surface area contributed by atoms with Gasteiger partial charge in [0.2, 0.25) is 0 Å². The Bertz CT molecular complexity index is 2490. The smallest absolute Gasteiger partial charge is 0.00261 e. The third kappa shape index (κ3) is 5.69. The first-order valence-electron chi connectivity index (χ1n) is 17.9. The molecule has 8 rings (SSSR count). The first-order valence-corrected chi connectivity index (χ1v) is 17.9. The fourth-order valence-electron chi connectivity index (χ4n) is 7.58. The van der Waals surface area contributed by atoms with E-state index in [4.69, 9.17) is 0 Å². The quantitative estimate of drug-likeness (QED) is 0.167. The van der Waals surface area contributed by atoms with E-state index in [1.165, 1.54) is 88.0 Å². The molecule has 0 saturated carbocycles. The van der Waals surface area contributed by atoms with E-state index in [1.54, 1.807) is 0 Å². The first-order chi connectivity index (χ1) is 24.1. The van der Waals surface area contributed by atoms with E-state index in [0.717, 1.165) is 0 Å². The van der Waals surface area contributed by atoms with Gasteiger partial charge >= 0.3 is 0 Å². The lowest BCUT2D eigenvalue weighted by Crippen LogP contribution is -2.10. The Morgan fingerprint density at radius 1 is 0.300 bits per heavy atom. The summed E-state index contributed by atoms with van der Waals surface area (Å²) in [6.45, 7) is 13.7. The van der Waals surface area contributed by atoms with Crippen molar-refractivity contribution in [3.63, 3.8) is 0 Å². The van der Waals surface area contributed by atoms with E-state index in [9.17, 15) is 0 Å². The molecule has 8 aromatic carbocycles. The van der Waals surface area contributed by atoms with Crippen LogP contribution in [-0.4, -0.2) is 0 Å². The zero-order valence-corrected chi connectivity index (χ0v) is 30.0. The van der Waals surface area contributed by atoms with Crippen LogP contribution < -0.4 is 0 Å². The van der Waals surface area contributed by atoms with E-state index in [1.807, 2.05) is 0 Å². The lowest BCUT2D eigenvalue weighted by atomic mass is 9.82. The second kappa shape index (κ2) is 12.1. The number of fused-ring (bicyclic) bond motifs is 3. The average molecular weight is 645 g/mol. The predicted octanol–water partition coefficient (Wildman–Crippen LogP) is 14.4. The summed E-state index contributed by atoms with van der Waals surface area (Å²) in [4.78, 5) is 0. The number of rotatable bonds is 4. The fourth-order valence-corrected chi connectivity index (χ4v) is 7.58. The van der Waals surface area contributed by atoms with Crippen molar-refractivity contribution in [2.45, 2.75) is 52.4 Å². The molecule has 0 unspecified atom stereocenters. The van der Waals surface area contributed by atoms with Gasteiger partial charge in [-0.2, -0.15) is 0 Å². The van der Waals surface area contributed by atoms with Gasteiger partial charge in [0.25, 0.3) is 0 Å². The van der Waals surface area contributed by atoms with Gasteiger partial charge in [0.15, 0.2) is 0 Å². The minimum absolute atomic E-state index is 0.0894. The van der Waals surface area contributed by atoms with E-state index in [0.29, 0.717) is 0 Å². The minimum atomic E-state index is 0.0894. The Labute approximate surface area is 297 Å². The molecule has 50 heavy (non-hydrogen) atoms. The summed E-state index contributed by atoms with van der Waals surface area (Å²) in [7, 11) is 0. The summed E-state index contributed by atoms with van der Waals surface area (Å²) < 4.78 is 0. The van der Waals surface area contributed by atoms with Crippen LogP contribution in [0.15, 0.2) is 158 Å². The molecule has 0 aromatic heterocycles. The van der Waals surface area contributed by atoms with Crippen molar-refractivity contribution < 1.29 is 0 Å². The maximum atomic E-state index is 2.47. The van der Waals surface area contributed by atoms with Gasteiger partial charge in [0.05, 0.1) is 0 Å². The highest BCUT2D eigenvalue weighted by Gasteiger charge is 2.21. The standard InChI is InChI=1S/C50H44/c1-49(2,3)39-25-21-33(22-26-39)42-30-38-31-46-45(29-37-19-13-14-20-41(37)47(46)35-15-9-7-10-16-35)48(36-17-11-8-12-18-36)44(38)32-43(42)34-23-27-40(28-24-34)50(4,5)6/h7-32H,1-6H3. The maximum Gasteiger partial charge on any atom is -0.00261 e. The van der Waals surface area contributed by atoms with Gasteiger partial charge in [0, 0.05) is 0 Å². The van der Waals surface area contributed by atoms with Crippen molar-refractivity contribution in [2.75, 3.05) is 0 Å². The van der Waals surface area contributed by atoms with Gasteiger partial charge in [-0.25, -0.2) is 0 Å². The molecular formula is C50H44. The molecule has 0 heteroatoms. The van der Waals surface area contributed by atoms with Crippen LogP contribution in [0, 0.1) is 0 Å². The summed E-state index contributed by atoms with van der Waals surface area (Å²) >= 11 is 0. The Morgan fingerprint density at radius 2 is 0.720 bits per heavy atom. The molecule has 0 radical (unpaired) electrons. The Hall–Kier alpha value is -5.46. The molecular weight excluding hydrogens is 601 g/mol. The molecule has 244 valence electrons. The summed E-state index contributed by atoms with van der Waals surface area (Å²) in [5.74, 6) is 0. The molecule has 0 amide bonds. The van der Waals surface area contributed by atoms with Crippen LogP contribution in [0.2, 0.25) is 0 Å². The average Bonchev–Trinajstić information content (AvgIpc) is 3.12. The van der Waals surface area contributed by atoms with Gasteiger partial charge in [-0.1, -0.05) is 175 Å². The predicted molar refractivity (Wildman–Crippen MR) is 218 cm³/mol. The number of benzene rings is 8. The summed E-state index contributed by atoms with van der Waals surface area (Å²) in [6.07, 6.45) is 0. The molecule has 0 aliphatic carbocycles. The molecule has 0 saturated heterocycles. The normalized spacial score (nSPS) is 12.2. The van der Waals surface area contributed by atoms with Gasteiger partial charge in [-0.05, 0) is 123 Å². The van der Waals surface area contributed by atoms with Crippen molar-refractivity contribution in [2.24, 2.45) is 0 Å². The second-order valence-corrected chi connectivity index (χ2v) is 15.8. The summed E-state index contributed by atoms with van der Waals surface area (Å²) in [5, 5.41) is 7.59. The van der Waals surface area contributed by atoms with E-state index in [2.05, 4.69) is 199 Å². The van der Waals surface area contributed by atoms with Crippen LogP contribution in [-0.2, 0) is 10.8 Å². The lowest BCUT2D eigenvalue weighted by molar-refractivity contribution is 0.590. The van der Waals surface area contributed by atoms with Crippen molar-refractivity contribution in [3.8, 4) is 44.5 Å². The van der Waals surface area contributed by atoms with Crippen molar-refractivity contribution in [1.29, 1.82) is 0 Å². The van der Waals surface area contributed by atoms with E-state index in [-0.39, 0.29) is 10.8 Å². The first kappa shape index (κ1) is 31.8. The summed E-state index contributed by atoms with van der Waals surface area (Å²) in [6, 6.07) is 59.0. The molecule has 0 spiro atoms. The third-order valence-electron chi connectivity index (χ3n) is 10.4. The number of hydrogen-bond acceptors (Lipinski definition) is 0. The van der Waals surface area contributed by atoms with Crippen LogP contribution in [0.25, 0.3) is 76.8 Å². The van der Waals surface area contributed by atoms with Gasteiger partial charge in [-0.15, -0.1) is 0 Å². The van der Waals surface area contributed by atoms with Crippen LogP contribution in [0.4, 0.5) is 0 Å². The molecule has 0 atom stereocenters. The van der Waals surface area contributed by atoms with Crippen molar-refractivity contribution in [1.82, 2.24) is 0 Å². The molecule has 0 nitrogen and oxygen atoms in total. The fraction of sp³-hybridized carbons (Fsp3) is 0.160. The Balaban J connectivity index is 1.51. The topological polar surface area (TPSA) is 0 Å². The molecule has 0 aliphatic heterocycles. The van der Waals surface area contributed by atoms with Crippen LogP contribution >= 0.6 is 0 Å². The maximum absolute atomic E-state index is 2.47. The zero-order chi connectivity index (χ0) is 34.6. The molecule has 0 heterocycles. The summed E-state index contributed by atoms with van der Waals surface area (Å²) in [5.41, 5.74) is 12.9. The Morgan fingerprint density at radius 3 is 1.22 bits per heavy atom. The molecule has 0 bridgehead atoms. The van der Waals surface area contributed by atoms with E-state index >= 15 is 0 Å². The Kier molecular flexibility index (Phi) is 7.72.